The molecule has 0 aliphatic carbocycles. The molecule has 0 aliphatic heterocycles. The summed E-state index contributed by atoms with van der Waals surface area (Å²) in [6.45, 7) is 0. The maximum atomic E-state index is 6.59. The molecule has 5 heterocycles. The van der Waals surface area contributed by atoms with Crippen molar-refractivity contribution in [1.82, 2.24) is 8.97 Å². The molecule has 0 saturated carbocycles. The van der Waals surface area contributed by atoms with Crippen molar-refractivity contribution in [2.45, 2.75) is 0 Å². The van der Waals surface area contributed by atoms with Crippen molar-refractivity contribution >= 4 is 104 Å². The highest BCUT2D eigenvalue weighted by Gasteiger charge is 2.25. The van der Waals surface area contributed by atoms with E-state index in [1.807, 2.05) is 12.1 Å². The molecule has 5 aromatic heterocycles. The molecule has 4 heteroatoms. The average molecular weight is 663 g/mol. The number of rotatable bonds is 2. The number of para-hydroxylation sites is 5. The minimum Gasteiger partial charge on any atom is -0.456 e. The van der Waals surface area contributed by atoms with Gasteiger partial charge in [0.15, 0.2) is 5.58 Å². The van der Waals surface area contributed by atoms with Crippen LogP contribution in [0.25, 0.3) is 121 Å². The molecule has 52 heavy (non-hydrogen) atoms. The molecule has 240 valence electrons. The van der Waals surface area contributed by atoms with Crippen molar-refractivity contribution in [2.24, 2.45) is 0 Å². The highest BCUT2D eigenvalue weighted by atomic mass is 16.3. The zero-order valence-electron chi connectivity index (χ0n) is 27.7. The summed E-state index contributed by atoms with van der Waals surface area (Å²) >= 11 is 0. The van der Waals surface area contributed by atoms with Crippen LogP contribution in [0.15, 0.2) is 167 Å². The van der Waals surface area contributed by atoms with Crippen LogP contribution in [0, 0.1) is 0 Å². The van der Waals surface area contributed by atoms with Gasteiger partial charge in [0.1, 0.15) is 16.7 Å². The van der Waals surface area contributed by atoms with Crippen LogP contribution >= 0.6 is 0 Å². The van der Waals surface area contributed by atoms with Crippen LogP contribution in [0.3, 0.4) is 0 Å². The monoisotopic (exact) mass is 662 g/mol. The third kappa shape index (κ3) is 3.15. The Morgan fingerprint density at radius 3 is 1.77 bits per heavy atom. The number of benzene rings is 8. The molecule has 13 rings (SSSR count). The SMILES string of the molecule is c1ccc2c(c1)oc1c(-n3c4ccccc4c4c5c6cccc7c8c(-c9cccc%10oc%11ccccc%11c9%10)cccc8n(c5ccc43)c76)cccc12. The molecule has 0 radical (unpaired) electrons. The summed E-state index contributed by atoms with van der Waals surface area (Å²) in [7, 11) is 0. The number of aromatic nitrogens is 2. The minimum atomic E-state index is 0.902. The Kier molecular flexibility index (Phi) is 4.83. The predicted octanol–water partition coefficient (Wildman–Crippen LogP) is 13.4. The lowest BCUT2D eigenvalue weighted by atomic mass is 9.95. The van der Waals surface area contributed by atoms with Crippen LogP contribution < -0.4 is 0 Å². The molecule has 0 amide bonds. The van der Waals surface area contributed by atoms with E-state index < -0.39 is 0 Å². The lowest BCUT2D eigenvalue weighted by Gasteiger charge is -2.09. The van der Waals surface area contributed by atoms with Gasteiger partial charge in [0.25, 0.3) is 0 Å². The molecule has 4 nitrogen and oxygen atoms in total. The zero-order chi connectivity index (χ0) is 33.7. The van der Waals surface area contributed by atoms with Crippen LogP contribution in [-0.4, -0.2) is 8.97 Å². The van der Waals surface area contributed by atoms with Gasteiger partial charge >= 0.3 is 0 Å². The number of nitrogens with zero attached hydrogens (tertiary/aromatic N) is 2. The van der Waals surface area contributed by atoms with Crippen LogP contribution in [-0.2, 0) is 0 Å². The maximum Gasteiger partial charge on any atom is 0.159 e. The molecule has 13 aromatic rings. The van der Waals surface area contributed by atoms with Gasteiger partial charge in [-0.3, -0.25) is 0 Å². The first-order valence-corrected chi connectivity index (χ1v) is 17.8. The normalized spacial score (nSPS) is 12.6. The summed E-state index contributed by atoms with van der Waals surface area (Å²) in [5.74, 6) is 0. The Bertz CT molecular complexity index is 3650. The van der Waals surface area contributed by atoms with Gasteiger partial charge in [-0.2, -0.15) is 0 Å². The second-order valence-corrected chi connectivity index (χ2v) is 14.0. The highest BCUT2D eigenvalue weighted by molar-refractivity contribution is 6.34. The van der Waals surface area contributed by atoms with E-state index in [9.17, 15) is 0 Å². The first kappa shape index (κ1) is 26.8. The van der Waals surface area contributed by atoms with Crippen LogP contribution in [0.1, 0.15) is 0 Å². The Hall–Kier alpha value is -7.04. The number of furan rings is 2. The van der Waals surface area contributed by atoms with E-state index in [-0.39, 0.29) is 0 Å². The van der Waals surface area contributed by atoms with Gasteiger partial charge in [-0.1, -0.05) is 109 Å². The Balaban J connectivity index is 1.16. The number of hydrogen-bond donors (Lipinski definition) is 0. The quantitative estimate of drug-likeness (QED) is 0.185. The van der Waals surface area contributed by atoms with E-state index >= 15 is 0 Å². The lowest BCUT2D eigenvalue weighted by Crippen LogP contribution is -1.94. The first-order chi connectivity index (χ1) is 25.8. The summed E-state index contributed by atoms with van der Waals surface area (Å²) in [5.41, 5.74) is 13.1. The molecule has 0 atom stereocenters. The fourth-order valence-electron chi connectivity index (χ4n) is 9.47. The molecule has 0 fully saturated rings. The summed E-state index contributed by atoms with van der Waals surface area (Å²) in [6.07, 6.45) is 0. The Morgan fingerprint density at radius 1 is 0.327 bits per heavy atom. The summed E-state index contributed by atoms with van der Waals surface area (Å²) in [6, 6.07) is 56.6. The van der Waals surface area contributed by atoms with E-state index in [1.54, 1.807) is 0 Å². The van der Waals surface area contributed by atoms with E-state index in [1.165, 1.54) is 65.5 Å². The standard InChI is InChI=1S/C48H26N2O2/c1-4-19-35-31(12-1)45-37(49(35)39-21-9-16-30-27-11-2-5-22-40(27)52-48(30)39)25-26-38-46(45)34-18-7-17-33-43-28(14-8-20-36(43)50(38)47(33)34)29-15-10-24-42-44(29)32-13-3-6-23-41(32)51-42/h1-26H. The van der Waals surface area contributed by atoms with E-state index in [2.05, 4.69) is 155 Å². The predicted molar refractivity (Wildman–Crippen MR) is 215 cm³/mol. The number of hydrogen-bond acceptors (Lipinski definition) is 2. The van der Waals surface area contributed by atoms with Crippen molar-refractivity contribution in [1.29, 1.82) is 0 Å². The van der Waals surface area contributed by atoms with Gasteiger partial charge < -0.3 is 17.8 Å². The van der Waals surface area contributed by atoms with Gasteiger partial charge in [0.05, 0.1) is 33.3 Å². The molecule has 0 saturated heterocycles. The maximum absolute atomic E-state index is 6.59. The fourth-order valence-corrected chi connectivity index (χ4v) is 9.47. The van der Waals surface area contributed by atoms with E-state index in [0.29, 0.717) is 0 Å². The molecule has 0 N–H and O–H groups in total. The topological polar surface area (TPSA) is 35.6 Å². The summed E-state index contributed by atoms with van der Waals surface area (Å²) in [4.78, 5) is 0. The zero-order valence-corrected chi connectivity index (χ0v) is 27.7. The first-order valence-electron chi connectivity index (χ1n) is 17.8. The van der Waals surface area contributed by atoms with Gasteiger partial charge in [-0.15, -0.1) is 0 Å². The van der Waals surface area contributed by atoms with Gasteiger partial charge in [0.2, 0.25) is 0 Å². The van der Waals surface area contributed by atoms with Crippen molar-refractivity contribution in [3.63, 3.8) is 0 Å². The third-order valence-electron chi connectivity index (χ3n) is 11.5. The van der Waals surface area contributed by atoms with E-state index in [4.69, 9.17) is 8.83 Å². The Labute approximate surface area is 295 Å². The van der Waals surface area contributed by atoms with Crippen LogP contribution in [0.4, 0.5) is 0 Å². The molecular formula is C48H26N2O2. The van der Waals surface area contributed by atoms with Gasteiger partial charge in [-0.05, 0) is 59.7 Å². The highest BCUT2D eigenvalue weighted by Crippen LogP contribution is 2.48. The molecule has 8 aromatic carbocycles. The van der Waals surface area contributed by atoms with Crippen molar-refractivity contribution in [3.05, 3.63) is 158 Å². The molecule has 0 bridgehead atoms. The molecular weight excluding hydrogens is 637 g/mol. The van der Waals surface area contributed by atoms with Crippen molar-refractivity contribution in [2.75, 3.05) is 0 Å². The molecule has 0 spiro atoms. The van der Waals surface area contributed by atoms with Crippen molar-refractivity contribution in [3.8, 4) is 16.8 Å². The average Bonchev–Trinajstić information content (AvgIpc) is 4.00. The molecule has 0 unspecified atom stereocenters. The number of fused-ring (bicyclic) bond motifs is 16. The summed E-state index contributed by atoms with van der Waals surface area (Å²) in [5, 5.41) is 12.1. The Morgan fingerprint density at radius 2 is 0.885 bits per heavy atom. The summed E-state index contributed by atoms with van der Waals surface area (Å²) < 4.78 is 17.8. The van der Waals surface area contributed by atoms with Gasteiger partial charge in [0, 0.05) is 53.9 Å². The second kappa shape index (κ2) is 9.39. The smallest absolute Gasteiger partial charge is 0.159 e. The third-order valence-corrected chi connectivity index (χ3v) is 11.5. The largest absolute Gasteiger partial charge is 0.456 e. The van der Waals surface area contributed by atoms with Gasteiger partial charge in [-0.25, -0.2) is 0 Å². The van der Waals surface area contributed by atoms with Crippen LogP contribution in [0.2, 0.25) is 0 Å². The minimum absolute atomic E-state index is 0.902. The fraction of sp³-hybridized carbons (Fsp3) is 0. The van der Waals surface area contributed by atoms with Crippen molar-refractivity contribution < 1.29 is 8.83 Å². The lowest BCUT2D eigenvalue weighted by molar-refractivity contribution is 0.666. The van der Waals surface area contributed by atoms with Crippen LogP contribution in [0.5, 0.6) is 0 Å². The molecule has 0 aliphatic rings. The second-order valence-electron chi connectivity index (χ2n) is 14.0. The van der Waals surface area contributed by atoms with E-state index in [0.717, 1.165) is 55.1 Å².